The fraction of sp³-hybridized carbons (Fsp3) is 0.385. The summed E-state index contributed by atoms with van der Waals surface area (Å²) in [6.45, 7) is 3.16. The lowest BCUT2D eigenvalue weighted by atomic mass is 10.2. The second-order valence-corrected chi connectivity index (χ2v) is 3.69. The Morgan fingerprint density at radius 2 is 2.19 bits per heavy atom. The number of furan rings is 1. The van der Waals surface area contributed by atoms with Crippen LogP contribution in [-0.2, 0) is 4.74 Å². The van der Waals surface area contributed by atoms with Gasteiger partial charge in [0.2, 0.25) is 0 Å². The molecule has 0 aliphatic rings. The van der Waals surface area contributed by atoms with Gasteiger partial charge in [-0.15, -0.1) is 0 Å². The molecule has 0 spiro atoms. The van der Waals surface area contributed by atoms with E-state index in [0.717, 1.165) is 11.0 Å². The number of para-hydroxylation sites is 1. The first-order valence-corrected chi connectivity index (χ1v) is 5.55. The van der Waals surface area contributed by atoms with E-state index < -0.39 is 6.10 Å². The zero-order chi connectivity index (χ0) is 11.4. The van der Waals surface area contributed by atoms with Gasteiger partial charge in [-0.2, -0.15) is 0 Å². The molecule has 16 heavy (non-hydrogen) atoms. The van der Waals surface area contributed by atoms with E-state index in [2.05, 4.69) is 0 Å². The fourth-order valence-electron chi connectivity index (χ4n) is 1.65. The second-order valence-electron chi connectivity index (χ2n) is 3.69. The molecule has 0 aliphatic heterocycles. The zero-order valence-electron chi connectivity index (χ0n) is 9.35. The summed E-state index contributed by atoms with van der Waals surface area (Å²) in [5.41, 5.74) is 0.813. The van der Waals surface area contributed by atoms with Gasteiger partial charge >= 0.3 is 0 Å². The number of benzene rings is 1. The van der Waals surface area contributed by atoms with Crippen LogP contribution >= 0.6 is 0 Å². The summed E-state index contributed by atoms with van der Waals surface area (Å²) in [5, 5.41) is 10.9. The van der Waals surface area contributed by atoms with E-state index in [0.29, 0.717) is 25.4 Å². The minimum atomic E-state index is -0.584. The summed E-state index contributed by atoms with van der Waals surface area (Å²) in [7, 11) is 0. The molecule has 0 bridgehead atoms. The lowest BCUT2D eigenvalue weighted by molar-refractivity contribution is 0.0781. The van der Waals surface area contributed by atoms with Crippen LogP contribution in [0.3, 0.4) is 0 Å². The van der Waals surface area contributed by atoms with Gasteiger partial charge < -0.3 is 14.3 Å². The van der Waals surface area contributed by atoms with Crippen molar-refractivity contribution in [3.8, 4) is 0 Å². The van der Waals surface area contributed by atoms with Crippen LogP contribution < -0.4 is 0 Å². The summed E-state index contributed by atoms with van der Waals surface area (Å²) in [5.74, 6) is 0.612. The van der Waals surface area contributed by atoms with Crippen LogP contribution in [0.5, 0.6) is 0 Å². The molecule has 0 saturated heterocycles. The highest BCUT2D eigenvalue weighted by Gasteiger charge is 2.12. The van der Waals surface area contributed by atoms with Crippen LogP contribution in [0.1, 0.15) is 25.2 Å². The molecule has 0 radical (unpaired) electrons. The molecule has 1 aromatic carbocycles. The minimum Gasteiger partial charge on any atom is -0.458 e. The molecule has 86 valence electrons. The van der Waals surface area contributed by atoms with E-state index in [4.69, 9.17) is 9.15 Å². The van der Waals surface area contributed by atoms with Gasteiger partial charge in [0.15, 0.2) is 0 Å². The molecule has 0 aliphatic carbocycles. The maximum atomic E-state index is 9.87. The number of rotatable bonds is 5. The molecule has 1 unspecified atom stereocenters. The number of hydrogen-bond acceptors (Lipinski definition) is 3. The van der Waals surface area contributed by atoms with E-state index in [-0.39, 0.29) is 0 Å². The smallest absolute Gasteiger partial charge is 0.134 e. The SMILES string of the molecule is CCOCCC(O)c1cc2ccccc2o1. The second kappa shape index (κ2) is 5.14. The monoisotopic (exact) mass is 220 g/mol. The minimum absolute atomic E-state index is 0.550. The van der Waals surface area contributed by atoms with Crippen LogP contribution in [0.4, 0.5) is 0 Å². The summed E-state index contributed by atoms with van der Waals surface area (Å²) < 4.78 is 10.8. The topological polar surface area (TPSA) is 42.6 Å². The predicted molar refractivity (Wildman–Crippen MR) is 62.3 cm³/mol. The number of aliphatic hydroxyl groups excluding tert-OH is 1. The van der Waals surface area contributed by atoms with Gasteiger partial charge in [0, 0.05) is 25.0 Å². The van der Waals surface area contributed by atoms with E-state index in [1.54, 1.807) is 0 Å². The quantitative estimate of drug-likeness (QED) is 0.788. The molecule has 3 nitrogen and oxygen atoms in total. The van der Waals surface area contributed by atoms with Crippen molar-refractivity contribution in [2.24, 2.45) is 0 Å². The maximum absolute atomic E-state index is 9.87. The number of aliphatic hydroxyl groups is 1. The van der Waals surface area contributed by atoms with E-state index in [1.165, 1.54) is 0 Å². The highest BCUT2D eigenvalue weighted by atomic mass is 16.5. The molecule has 1 N–H and O–H groups in total. The Morgan fingerprint density at radius 1 is 1.38 bits per heavy atom. The first kappa shape index (κ1) is 11.2. The van der Waals surface area contributed by atoms with Gasteiger partial charge in [-0.1, -0.05) is 18.2 Å². The van der Waals surface area contributed by atoms with Crippen molar-refractivity contribution in [3.05, 3.63) is 36.1 Å². The molecule has 1 heterocycles. The molecule has 0 fully saturated rings. The van der Waals surface area contributed by atoms with Gasteiger partial charge in [-0.3, -0.25) is 0 Å². The Bertz CT molecular complexity index is 414. The van der Waals surface area contributed by atoms with Crippen LogP contribution in [0.25, 0.3) is 11.0 Å². The molecule has 1 atom stereocenters. The average Bonchev–Trinajstić information content (AvgIpc) is 2.73. The molecule has 0 saturated carbocycles. The van der Waals surface area contributed by atoms with Crippen molar-refractivity contribution in [2.45, 2.75) is 19.4 Å². The third-order valence-corrected chi connectivity index (χ3v) is 2.51. The highest BCUT2D eigenvalue weighted by Crippen LogP contribution is 2.25. The van der Waals surface area contributed by atoms with E-state index in [1.807, 2.05) is 37.3 Å². The van der Waals surface area contributed by atoms with Crippen molar-refractivity contribution in [1.29, 1.82) is 0 Å². The van der Waals surface area contributed by atoms with Crippen molar-refractivity contribution in [2.75, 3.05) is 13.2 Å². The normalized spacial score (nSPS) is 13.1. The number of fused-ring (bicyclic) bond motifs is 1. The molecule has 1 aromatic heterocycles. The first-order valence-electron chi connectivity index (χ1n) is 5.55. The third-order valence-electron chi connectivity index (χ3n) is 2.51. The first-order chi connectivity index (χ1) is 7.81. The Hall–Kier alpha value is -1.32. The maximum Gasteiger partial charge on any atom is 0.134 e. The largest absolute Gasteiger partial charge is 0.458 e. The molecule has 2 aromatic rings. The molecular weight excluding hydrogens is 204 g/mol. The Morgan fingerprint density at radius 3 is 2.94 bits per heavy atom. The van der Waals surface area contributed by atoms with Crippen LogP contribution in [-0.4, -0.2) is 18.3 Å². The van der Waals surface area contributed by atoms with Gasteiger partial charge in [0.1, 0.15) is 17.4 Å². The number of ether oxygens (including phenoxy) is 1. The molecule has 3 heteroatoms. The van der Waals surface area contributed by atoms with Gasteiger partial charge in [0.25, 0.3) is 0 Å². The summed E-state index contributed by atoms with van der Waals surface area (Å²) >= 11 is 0. The molecular formula is C13H16O3. The Balaban J connectivity index is 2.07. The van der Waals surface area contributed by atoms with E-state index >= 15 is 0 Å². The summed E-state index contributed by atoms with van der Waals surface area (Å²) in [6.07, 6.45) is -0.0211. The van der Waals surface area contributed by atoms with Crippen LogP contribution in [0.15, 0.2) is 34.7 Å². The highest BCUT2D eigenvalue weighted by molar-refractivity contribution is 5.77. The van der Waals surface area contributed by atoms with Crippen LogP contribution in [0.2, 0.25) is 0 Å². The lowest BCUT2D eigenvalue weighted by Gasteiger charge is -2.06. The van der Waals surface area contributed by atoms with Crippen molar-refractivity contribution < 1.29 is 14.3 Å². The predicted octanol–water partition coefficient (Wildman–Crippen LogP) is 2.89. The van der Waals surface area contributed by atoms with Crippen molar-refractivity contribution in [1.82, 2.24) is 0 Å². The standard InChI is InChI=1S/C13H16O3/c1-2-15-8-7-11(14)13-9-10-5-3-4-6-12(10)16-13/h3-6,9,11,14H,2,7-8H2,1H3. The fourth-order valence-corrected chi connectivity index (χ4v) is 1.65. The lowest BCUT2D eigenvalue weighted by Crippen LogP contribution is -2.02. The average molecular weight is 220 g/mol. The summed E-state index contributed by atoms with van der Waals surface area (Å²) in [6, 6.07) is 9.62. The van der Waals surface area contributed by atoms with E-state index in [9.17, 15) is 5.11 Å². The Labute approximate surface area is 94.6 Å². The van der Waals surface area contributed by atoms with Gasteiger partial charge in [-0.25, -0.2) is 0 Å². The molecule has 0 amide bonds. The molecule has 2 rings (SSSR count). The van der Waals surface area contributed by atoms with Crippen molar-refractivity contribution >= 4 is 11.0 Å². The zero-order valence-corrected chi connectivity index (χ0v) is 9.35. The van der Waals surface area contributed by atoms with Gasteiger partial charge in [-0.05, 0) is 19.1 Å². The van der Waals surface area contributed by atoms with Gasteiger partial charge in [0.05, 0.1) is 0 Å². The van der Waals surface area contributed by atoms with Crippen molar-refractivity contribution in [3.63, 3.8) is 0 Å². The van der Waals surface area contributed by atoms with Crippen LogP contribution in [0, 0.1) is 0 Å². The number of hydrogen-bond donors (Lipinski definition) is 1. The Kier molecular flexibility index (Phi) is 3.59. The third kappa shape index (κ3) is 2.43. The summed E-state index contributed by atoms with van der Waals surface area (Å²) in [4.78, 5) is 0.